The molecule has 3 aromatic carbocycles. The number of nitrogens with zero attached hydrogens (tertiary/aromatic N) is 1. The van der Waals surface area contributed by atoms with Gasteiger partial charge < -0.3 is 4.74 Å². The van der Waals surface area contributed by atoms with E-state index in [1.807, 2.05) is 13.0 Å². The van der Waals surface area contributed by atoms with Crippen LogP contribution in [0.2, 0.25) is 0 Å². The van der Waals surface area contributed by atoms with Gasteiger partial charge in [0.2, 0.25) is 0 Å². The summed E-state index contributed by atoms with van der Waals surface area (Å²) in [4.78, 5) is 12.6. The quantitative estimate of drug-likeness (QED) is 0.416. The van der Waals surface area contributed by atoms with Gasteiger partial charge in [0.05, 0.1) is 11.5 Å². The first-order chi connectivity index (χ1) is 16.9. The second kappa shape index (κ2) is 11.2. The van der Waals surface area contributed by atoms with E-state index in [9.17, 15) is 13.2 Å². The Bertz CT molecular complexity index is 1260. The molecule has 35 heavy (non-hydrogen) atoms. The third kappa shape index (κ3) is 6.48. The predicted octanol–water partition coefficient (Wildman–Crippen LogP) is 5.33. The molecule has 182 valence electrons. The average molecular weight is 492 g/mol. The van der Waals surface area contributed by atoms with E-state index in [0.717, 1.165) is 31.4 Å². The van der Waals surface area contributed by atoms with Gasteiger partial charge in [0.15, 0.2) is 0 Å². The lowest BCUT2D eigenvalue weighted by molar-refractivity contribution is 0.0954. The first kappa shape index (κ1) is 24.5. The first-order valence-corrected chi connectivity index (χ1v) is 13.2. The molecule has 0 unspecified atom stereocenters. The van der Waals surface area contributed by atoms with Crippen molar-refractivity contribution in [2.24, 2.45) is 5.10 Å². The van der Waals surface area contributed by atoms with Crippen LogP contribution in [0.4, 0.5) is 5.69 Å². The normalized spacial score (nSPS) is 15.8. The number of carbonyl (C=O) groups is 1. The highest BCUT2D eigenvalue weighted by molar-refractivity contribution is 7.92. The Morgan fingerprint density at radius 1 is 0.943 bits per heavy atom. The van der Waals surface area contributed by atoms with E-state index >= 15 is 0 Å². The van der Waals surface area contributed by atoms with E-state index < -0.39 is 10.0 Å². The van der Waals surface area contributed by atoms with Gasteiger partial charge in [-0.05, 0) is 92.6 Å². The van der Waals surface area contributed by atoms with Crippen molar-refractivity contribution in [1.82, 2.24) is 5.43 Å². The summed E-state index contributed by atoms with van der Waals surface area (Å²) < 4.78 is 33.1. The Kier molecular flexibility index (Phi) is 7.82. The monoisotopic (exact) mass is 491 g/mol. The fraction of sp³-hybridized carbons (Fsp3) is 0.259. The lowest BCUT2D eigenvalue weighted by Gasteiger charge is -2.23. The molecule has 0 aromatic heterocycles. The van der Waals surface area contributed by atoms with E-state index in [1.165, 1.54) is 17.7 Å². The Morgan fingerprint density at radius 3 is 2.23 bits per heavy atom. The lowest BCUT2D eigenvalue weighted by atomic mass is 9.83. The molecule has 8 heteroatoms. The van der Waals surface area contributed by atoms with E-state index in [0.29, 0.717) is 29.5 Å². The van der Waals surface area contributed by atoms with Crippen molar-refractivity contribution in [2.75, 3.05) is 11.3 Å². The highest BCUT2D eigenvalue weighted by Gasteiger charge is 2.19. The number of hydrazone groups is 1. The number of ether oxygens (including phenoxy) is 1. The number of anilines is 1. The van der Waals surface area contributed by atoms with Crippen molar-refractivity contribution in [3.05, 3.63) is 90.0 Å². The summed E-state index contributed by atoms with van der Waals surface area (Å²) in [5, 5.41) is 4.32. The largest absolute Gasteiger partial charge is 0.494 e. The fourth-order valence-corrected chi connectivity index (χ4v) is 5.16. The zero-order valence-corrected chi connectivity index (χ0v) is 20.4. The number of sulfonamides is 1. The van der Waals surface area contributed by atoms with Crippen LogP contribution in [0.25, 0.3) is 0 Å². The van der Waals surface area contributed by atoms with Crippen molar-refractivity contribution in [2.45, 2.75) is 43.4 Å². The standard InChI is InChI=1S/C27H29N3O4S/c1-2-34-25-16-18-26(19-17-25)35(32,33)30-24-14-10-22(11-15-24)27(31)29-28-23-12-8-21(9-13-23)20-6-4-3-5-7-20/h3-7,10-11,14-19,21,30H,2,8-9,12-13H2,1H3,(H,29,31). The van der Waals surface area contributed by atoms with Crippen molar-refractivity contribution < 1.29 is 17.9 Å². The third-order valence-electron chi connectivity index (χ3n) is 5.99. The van der Waals surface area contributed by atoms with Gasteiger partial charge in [-0.2, -0.15) is 5.10 Å². The number of benzene rings is 3. The van der Waals surface area contributed by atoms with Crippen LogP contribution in [0.3, 0.4) is 0 Å². The number of rotatable bonds is 8. The molecule has 4 rings (SSSR count). The molecule has 1 fully saturated rings. The van der Waals surface area contributed by atoms with Crippen molar-refractivity contribution in [3.8, 4) is 5.75 Å². The van der Waals surface area contributed by atoms with Crippen molar-refractivity contribution in [1.29, 1.82) is 0 Å². The van der Waals surface area contributed by atoms with Crippen LogP contribution in [-0.4, -0.2) is 26.6 Å². The maximum Gasteiger partial charge on any atom is 0.271 e. The summed E-state index contributed by atoms with van der Waals surface area (Å²) in [5.41, 5.74) is 5.74. The third-order valence-corrected chi connectivity index (χ3v) is 7.39. The molecule has 1 saturated carbocycles. The first-order valence-electron chi connectivity index (χ1n) is 11.7. The number of carbonyl (C=O) groups excluding carboxylic acids is 1. The molecule has 3 aromatic rings. The summed E-state index contributed by atoms with van der Waals surface area (Å²) in [6, 6.07) is 22.9. The molecule has 0 heterocycles. The molecule has 1 aliphatic carbocycles. The smallest absolute Gasteiger partial charge is 0.271 e. The number of hydrogen-bond acceptors (Lipinski definition) is 5. The Balaban J connectivity index is 1.31. The highest BCUT2D eigenvalue weighted by Crippen LogP contribution is 2.31. The van der Waals surface area contributed by atoms with E-state index in [2.05, 4.69) is 39.5 Å². The molecule has 7 nitrogen and oxygen atoms in total. The van der Waals surface area contributed by atoms with Gasteiger partial charge in [-0.1, -0.05) is 30.3 Å². The van der Waals surface area contributed by atoms with Gasteiger partial charge in [-0.25, -0.2) is 13.8 Å². The van der Waals surface area contributed by atoms with Gasteiger partial charge >= 0.3 is 0 Å². The number of hydrogen-bond donors (Lipinski definition) is 2. The number of nitrogens with one attached hydrogen (secondary N) is 2. The minimum Gasteiger partial charge on any atom is -0.494 e. The number of amides is 1. The zero-order valence-electron chi connectivity index (χ0n) is 19.6. The van der Waals surface area contributed by atoms with Crippen molar-refractivity contribution in [3.63, 3.8) is 0 Å². The maximum absolute atomic E-state index is 12.6. The van der Waals surface area contributed by atoms with Gasteiger partial charge in [0.1, 0.15) is 5.75 Å². The van der Waals surface area contributed by atoms with Crippen molar-refractivity contribution >= 4 is 27.3 Å². The molecule has 1 amide bonds. The average Bonchev–Trinajstić information content (AvgIpc) is 2.89. The second-order valence-electron chi connectivity index (χ2n) is 8.39. The summed E-state index contributed by atoms with van der Waals surface area (Å²) in [5.74, 6) is 0.808. The molecule has 0 atom stereocenters. The minimum atomic E-state index is -3.76. The summed E-state index contributed by atoms with van der Waals surface area (Å²) in [6.07, 6.45) is 3.74. The minimum absolute atomic E-state index is 0.126. The van der Waals surface area contributed by atoms with Crippen LogP contribution in [0.1, 0.15) is 54.4 Å². The molecule has 1 aliphatic rings. The summed E-state index contributed by atoms with van der Waals surface area (Å²) in [6.45, 7) is 2.37. The molecule has 0 saturated heterocycles. The molecule has 2 N–H and O–H groups in total. The fourth-order valence-electron chi connectivity index (χ4n) is 4.10. The Hall–Kier alpha value is -3.65. The lowest BCUT2D eigenvalue weighted by Crippen LogP contribution is -2.22. The second-order valence-corrected chi connectivity index (χ2v) is 10.1. The Morgan fingerprint density at radius 2 is 1.60 bits per heavy atom. The van der Waals surface area contributed by atoms with Crippen LogP contribution in [-0.2, 0) is 10.0 Å². The van der Waals surface area contributed by atoms with Gasteiger partial charge in [-0.3, -0.25) is 9.52 Å². The van der Waals surface area contributed by atoms with Crippen LogP contribution in [0.15, 0.2) is 88.9 Å². The van der Waals surface area contributed by atoms with Crippen LogP contribution >= 0.6 is 0 Å². The molecular weight excluding hydrogens is 462 g/mol. The van der Waals surface area contributed by atoms with Gasteiger partial charge in [0.25, 0.3) is 15.9 Å². The summed E-state index contributed by atoms with van der Waals surface area (Å²) in [7, 11) is -3.76. The molecule has 0 spiro atoms. The highest BCUT2D eigenvalue weighted by atomic mass is 32.2. The van der Waals surface area contributed by atoms with Crippen LogP contribution < -0.4 is 14.9 Å². The van der Waals surface area contributed by atoms with Gasteiger partial charge in [0, 0.05) is 17.0 Å². The topological polar surface area (TPSA) is 96.9 Å². The van der Waals surface area contributed by atoms with Crippen LogP contribution in [0, 0.1) is 0 Å². The predicted molar refractivity (Wildman–Crippen MR) is 137 cm³/mol. The summed E-state index contributed by atoms with van der Waals surface area (Å²) >= 11 is 0. The molecular formula is C27H29N3O4S. The molecule has 0 radical (unpaired) electrons. The zero-order chi connectivity index (χ0) is 24.7. The maximum atomic E-state index is 12.6. The Labute approximate surface area is 206 Å². The van der Waals surface area contributed by atoms with Crippen LogP contribution in [0.5, 0.6) is 5.75 Å². The SMILES string of the molecule is CCOc1ccc(S(=O)(=O)Nc2ccc(C(=O)NN=C3CCC(c4ccccc4)CC3)cc2)cc1. The van der Waals surface area contributed by atoms with Gasteiger partial charge in [-0.15, -0.1) is 0 Å². The molecule has 0 bridgehead atoms. The van der Waals surface area contributed by atoms with E-state index in [1.54, 1.807) is 36.4 Å². The molecule has 0 aliphatic heterocycles. The van der Waals surface area contributed by atoms with E-state index in [-0.39, 0.29) is 10.8 Å². The van der Waals surface area contributed by atoms with E-state index in [4.69, 9.17) is 4.74 Å².